The van der Waals surface area contributed by atoms with Crippen molar-refractivity contribution in [2.75, 3.05) is 5.75 Å². The number of amides is 2. The van der Waals surface area contributed by atoms with E-state index in [0.29, 0.717) is 10.6 Å². The van der Waals surface area contributed by atoms with E-state index >= 15 is 0 Å². The summed E-state index contributed by atoms with van der Waals surface area (Å²) in [4.78, 5) is 39.6. The molecule has 1 saturated heterocycles. The number of carbonyl (C=O) groups excluding carboxylic acids is 2. The molecule has 10 heteroatoms. The number of nitrogens with two attached hydrogens (primary N) is 1. The first-order valence-electron chi connectivity index (χ1n) is 7.34. The fraction of sp³-hybridized carbons (Fsp3) is 0.125. The maximum absolute atomic E-state index is 12.6. The molecule has 0 aromatic carbocycles. The summed E-state index contributed by atoms with van der Waals surface area (Å²) < 4.78 is 25.2. The molecular weight excluding hydrogens is 362 g/mol. The molecule has 26 heavy (non-hydrogen) atoms. The summed E-state index contributed by atoms with van der Waals surface area (Å²) in [6.07, 6.45) is 4.67. The van der Waals surface area contributed by atoms with Crippen LogP contribution in [0.5, 0.6) is 0 Å². The number of fused-ring (bicyclic) bond motifs is 1. The van der Waals surface area contributed by atoms with Crippen LogP contribution in [-0.4, -0.2) is 52.3 Å². The number of primary amides is 1. The number of carboxylic acid groups (broad SMARTS) is 1. The number of β-lactam (4-membered cyclic amide) rings is 1. The number of hydrogen-bond donors (Lipinski definition) is 2. The van der Waals surface area contributed by atoms with Gasteiger partial charge in [-0.25, -0.2) is 13.2 Å². The van der Waals surface area contributed by atoms with Crippen LogP contribution in [0.1, 0.15) is 5.69 Å². The quantitative estimate of drug-likeness (QED) is 0.529. The highest BCUT2D eigenvalue weighted by atomic mass is 32.2. The van der Waals surface area contributed by atoms with Crippen LogP contribution in [0.15, 0.2) is 53.4 Å². The standard InChI is InChI=1S/C16H13N3O6S/c17-12(20)5-4-9-8-26(24,25)15-11(7-10-3-1-2-6-18-10)14(21)19(15)13(9)16(22)23/h1-7,15H,8H2,(H2,17,20)(H,22,23)/b5-4+,11-7-/t15-/m1/s1. The topological polar surface area (TPSA) is 148 Å². The number of aromatic nitrogens is 1. The molecule has 2 aliphatic heterocycles. The van der Waals surface area contributed by atoms with Gasteiger partial charge in [0.25, 0.3) is 5.91 Å². The molecule has 0 unspecified atom stereocenters. The maximum Gasteiger partial charge on any atom is 0.352 e. The van der Waals surface area contributed by atoms with Crippen LogP contribution in [0.25, 0.3) is 6.08 Å². The van der Waals surface area contributed by atoms with Gasteiger partial charge in [-0.1, -0.05) is 12.1 Å². The zero-order valence-corrected chi connectivity index (χ0v) is 14.0. The molecule has 1 aromatic heterocycles. The number of allylic oxidation sites excluding steroid dienone is 1. The summed E-state index contributed by atoms with van der Waals surface area (Å²) in [5, 5.41) is 8.04. The summed E-state index contributed by atoms with van der Waals surface area (Å²) >= 11 is 0. The van der Waals surface area contributed by atoms with Gasteiger partial charge in [0.1, 0.15) is 5.70 Å². The van der Waals surface area contributed by atoms with Crippen molar-refractivity contribution >= 4 is 33.7 Å². The lowest BCUT2D eigenvalue weighted by atomic mass is 10.0. The Kier molecular flexibility index (Phi) is 4.20. The lowest BCUT2D eigenvalue weighted by Crippen LogP contribution is -2.62. The first-order valence-corrected chi connectivity index (χ1v) is 9.05. The Morgan fingerprint density at radius 2 is 2.08 bits per heavy atom. The molecule has 3 heterocycles. The van der Waals surface area contributed by atoms with Crippen molar-refractivity contribution in [2.24, 2.45) is 5.73 Å². The number of nitrogens with zero attached hydrogens (tertiary/aromatic N) is 2. The van der Waals surface area contributed by atoms with Crippen molar-refractivity contribution in [3.05, 3.63) is 59.1 Å². The number of rotatable bonds is 4. The first-order chi connectivity index (χ1) is 12.2. The van der Waals surface area contributed by atoms with E-state index in [1.165, 1.54) is 12.3 Å². The average Bonchev–Trinajstić information content (AvgIpc) is 2.57. The second-order valence-electron chi connectivity index (χ2n) is 5.60. The van der Waals surface area contributed by atoms with Gasteiger partial charge in [-0.15, -0.1) is 0 Å². The Morgan fingerprint density at radius 1 is 1.35 bits per heavy atom. The normalized spacial score (nSPS) is 23.1. The Labute approximate surface area is 148 Å². The van der Waals surface area contributed by atoms with E-state index in [9.17, 15) is 27.9 Å². The van der Waals surface area contributed by atoms with E-state index in [4.69, 9.17) is 5.73 Å². The van der Waals surface area contributed by atoms with Crippen LogP contribution >= 0.6 is 0 Å². The van der Waals surface area contributed by atoms with Crippen LogP contribution in [-0.2, 0) is 24.2 Å². The highest BCUT2D eigenvalue weighted by Crippen LogP contribution is 2.40. The Bertz CT molecular complexity index is 1010. The molecule has 0 radical (unpaired) electrons. The average molecular weight is 375 g/mol. The van der Waals surface area contributed by atoms with E-state index in [2.05, 4.69) is 4.98 Å². The van der Waals surface area contributed by atoms with Crippen molar-refractivity contribution < 1.29 is 27.9 Å². The third-order valence-corrected chi connectivity index (χ3v) is 5.71. The van der Waals surface area contributed by atoms with Gasteiger partial charge in [-0.2, -0.15) is 0 Å². The number of hydrogen-bond acceptors (Lipinski definition) is 6. The fourth-order valence-corrected chi connectivity index (χ4v) is 4.72. The minimum absolute atomic E-state index is 0.0552. The van der Waals surface area contributed by atoms with Crippen molar-refractivity contribution in [3.63, 3.8) is 0 Å². The van der Waals surface area contributed by atoms with E-state index in [1.807, 2.05) is 0 Å². The molecule has 2 aliphatic rings. The zero-order chi connectivity index (χ0) is 19.1. The monoisotopic (exact) mass is 375 g/mol. The van der Waals surface area contributed by atoms with Crippen molar-refractivity contribution in [2.45, 2.75) is 5.37 Å². The molecule has 1 fully saturated rings. The van der Waals surface area contributed by atoms with Crippen molar-refractivity contribution in [1.29, 1.82) is 0 Å². The molecule has 134 valence electrons. The van der Waals surface area contributed by atoms with E-state index in [1.54, 1.807) is 18.2 Å². The number of pyridine rings is 1. The summed E-state index contributed by atoms with van der Waals surface area (Å²) in [5.74, 6) is -3.72. The smallest absolute Gasteiger partial charge is 0.352 e. The predicted octanol–water partition coefficient (Wildman–Crippen LogP) is -0.558. The molecular formula is C16H13N3O6S. The second kappa shape index (κ2) is 6.23. The Balaban J connectivity index is 2.10. The molecule has 0 saturated carbocycles. The van der Waals surface area contributed by atoms with Crippen molar-refractivity contribution in [3.8, 4) is 0 Å². The first kappa shape index (κ1) is 17.5. The molecule has 2 amide bonds. The largest absolute Gasteiger partial charge is 0.477 e. The van der Waals surface area contributed by atoms with E-state index < -0.39 is 44.4 Å². The van der Waals surface area contributed by atoms with Crippen LogP contribution < -0.4 is 5.73 Å². The van der Waals surface area contributed by atoms with E-state index in [-0.39, 0.29) is 11.1 Å². The minimum Gasteiger partial charge on any atom is -0.477 e. The predicted molar refractivity (Wildman–Crippen MR) is 89.6 cm³/mol. The van der Waals surface area contributed by atoms with Gasteiger partial charge in [0.2, 0.25) is 5.91 Å². The lowest BCUT2D eigenvalue weighted by molar-refractivity contribution is -0.141. The number of sulfone groups is 1. The van der Waals surface area contributed by atoms with Gasteiger partial charge in [0, 0.05) is 12.3 Å². The molecule has 1 aromatic rings. The molecule has 3 rings (SSSR count). The summed E-state index contributed by atoms with van der Waals surface area (Å²) in [6, 6.07) is 4.93. The molecule has 1 atom stereocenters. The third kappa shape index (κ3) is 2.90. The highest BCUT2D eigenvalue weighted by molar-refractivity contribution is 7.92. The third-order valence-electron chi connectivity index (χ3n) is 3.85. The van der Waals surface area contributed by atoms with Crippen LogP contribution in [0.4, 0.5) is 0 Å². The molecule has 0 spiro atoms. The van der Waals surface area contributed by atoms with Gasteiger partial charge >= 0.3 is 5.97 Å². The van der Waals surface area contributed by atoms with Gasteiger partial charge in [0.15, 0.2) is 15.2 Å². The minimum atomic E-state index is -3.91. The fourth-order valence-electron chi connectivity index (χ4n) is 2.82. The maximum atomic E-state index is 12.6. The van der Waals surface area contributed by atoms with Crippen LogP contribution in [0.3, 0.4) is 0 Å². The molecule has 0 bridgehead atoms. The van der Waals surface area contributed by atoms with Gasteiger partial charge in [0.05, 0.1) is 17.0 Å². The van der Waals surface area contributed by atoms with Crippen LogP contribution in [0.2, 0.25) is 0 Å². The SMILES string of the molecule is NC(=O)/C=C/C1=C(C(=O)O)N2C(=O)/C(=C/c3ccccn3)[C@H]2S(=O)(=O)C1. The van der Waals surface area contributed by atoms with Crippen LogP contribution in [0, 0.1) is 0 Å². The number of carbonyl (C=O) groups is 3. The number of aliphatic carboxylic acids is 1. The number of carboxylic acids is 1. The summed E-state index contributed by atoms with van der Waals surface area (Å²) in [6.45, 7) is 0. The second-order valence-corrected chi connectivity index (χ2v) is 7.66. The van der Waals surface area contributed by atoms with Gasteiger partial charge in [-0.3, -0.25) is 19.5 Å². The molecule has 9 nitrogen and oxygen atoms in total. The Hall–Kier alpha value is -3.27. The molecule has 3 N–H and O–H groups in total. The summed E-state index contributed by atoms with van der Waals surface area (Å²) in [5.41, 5.74) is 4.63. The van der Waals surface area contributed by atoms with Gasteiger partial charge in [-0.05, 0) is 23.8 Å². The van der Waals surface area contributed by atoms with E-state index in [0.717, 1.165) is 12.2 Å². The van der Waals surface area contributed by atoms with Gasteiger partial charge < -0.3 is 10.8 Å². The summed E-state index contributed by atoms with van der Waals surface area (Å²) in [7, 11) is -3.91. The zero-order valence-electron chi connectivity index (χ0n) is 13.2. The highest BCUT2D eigenvalue weighted by Gasteiger charge is 2.56. The van der Waals surface area contributed by atoms with Crippen molar-refractivity contribution in [1.82, 2.24) is 9.88 Å². The Morgan fingerprint density at radius 3 is 2.65 bits per heavy atom. The molecule has 0 aliphatic carbocycles. The lowest BCUT2D eigenvalue weighted by Gasteiger charge is -2.45.